The lowest BCUT2D eigenvalue weighted by Crippen LogP contribution is -2.27. The zero-order valence-corrected chi connectivity index (χ0v) is 16.8. The summed E-state index contributed by atoms with van der Waals surface area (Å²) in [6.07, 6.45) is 1.79. The molecule has 0 unspecified atom stereocenters. The largest absolute Gasteiger partial charge is 0.271 e. The highest BCUT2D eigenvalue weighted by Crippen LogP contribution is 2.37. The first-order chi connectivity index (χ1) is 12.7. The summed E-state index contributed by atoms with van der Waals surface area (Å²) < 4.78 is 0.359. The van der Waals surface area contributed by atoms with Crippen LogP contribution < -0.4 is 4.90 Å². The molecule has 27 heavy (non-hydrogen) atoms. The minimum Gasteiger partial charge on any atom is -0.268 e. The van der Waals surface area contributed by atoms with Crippen molar-refractivity contribution in [1.29, 1.82) is 0 Å². The number of nitro benzene ring substituents is 1. The predicted molar refractivity (Wildman–Crippen MR) is 114 cm³/mol. The number of carbonyl (C=O) groups excluding carboxylic acids is 1. The number of nitro groups is 1. The van der Waals surface area contributed by atoms with Gasteiger partial charge in [0.25, 0.3) is 11.6 Å². The monoisotopic (exact) mass is 398 g/mol. The zero-order valence-electron chi connectivity index (χ0n) is 15.1. The number of non-ortho nitro benzene ring substituents is 1. The molecule has 5 nitrogen and oxygen atoms in total. The van der Waals surface area contributed by atoms with Gasteiger partial charge in [-0.05, 0) is 28.7 Å². The van der Waals surface area contributed by atoms with E-state index in [-0.39, 0.29) is 17.0 Å². The van der Waals surface area contributed by atoms with E-state index in [1.165, 1.54) is 34.4 Å². The van der Waals surface area contributed by atoms with E-state index >= 15 is 0 Å². The zero-order chi connectivity index (χ0) is 19.8. The van der Waals surface area contributed by atoms with E-state index in [9.17, 15) is 14.9 Å². The lowest BCUT2D eigenvalue weighted by Gasteiger charge is -2.18. The molecular formula is C20H18N2O3S2. The number of thiocarbonyl (C=S) groups is 1. The number of hydrogen-bond acceptors (Lipinski definition) is 5. The maximum Gasteiger partial charge on any atom is 0.271 e. The lowest BCUT2D eigenvalue weighted by molar-refractivity contribution is -0.384. The van der Waals surface area contributed by atoms with Crippen molar-refractivity contribution in [2.45, 2.75) is 26.2 Å². The molecule has 1 aliphatic heterocycles. The van der Waals surface area contributed by atoms with Crippen LogP contribution in [0, 0.1) is 10.1 Å². The highest BCUT2D eigenvalue weighted by atomic mass is 32.2. The minimum absolute atomic E-state index is 0.0595. The number of benzene rings is 2. The van der Waals surface area contributed by atoms with Gasteiger partial charge in [0.05, 0.1) is 15.5 Å². The quantitative estimate of drug-likeness (QED) is 0.304. The molecule has 0 aliphatic carbocycles. The second-order valence-corrected chi connectivity index (χ2v) is 8.84. The van der Waals surface area contributed by atoms with Gasteiger partial charge >= 0.3 is 0 Å². The fraction of sp³-hybridized carbons (Fsp3) is 0.200. The molecule has 2 aromatic rings. The molecule has 0 atom stereocenters. The molecule has 1 heterocycles. The Morgan fingerprint density at radius 1 is 1.15 bits per heavy atom. The Hall–Kier alpha value is -2.51. The van der Waals surface area contributed by atoms with Crippen molar-refractivity contribution >= 4 is 51.7 Å². The standard InChI is InChI=1S/C20H18N2O3S2/c1-20(2,3)14-9-7-13(8-10-14)11-17-18(23)21(19(26)27-17)15-5-4-6-16(12-15)22(24)25/h4-12H,1-3H3/b17-11+. The van der Waals surface area contributed by atoms with Crippen LogP contribution in [0.25, 0.3) is 6.08 Å². The molecule has 0 aromatic heterocycles. The van der Waals surface area contributed by atoms with Crippen LogP contribution in [0.5, 0.6) is 0 Å². The van der Waals surface area contributed by atoms with E-state index in [0.717, 1.165) is 5.56 Å². The number of rotatable bonds is 3. The number of nitrogens with zero attached hydrogens (tertiary/aromatic N) is 2. The van der Waals surface area contributed by atoms with Crippen LogP contribution in [0.4, 0.5) is 11.4 Å². The Balaban J connectivity index is 1.89. The Morgan fingerprint density at radius 3 is 2.41 bits per heavy atom. The van der Waals surface area contributed by atoms with Gasteiger partial charge in [-0.15, -0.1) is 0 Å². The third kappa shape index (κ3) is 4.09. The number of thioether (sulfide) groups is 1. The maximum absolute atomic E-state index is 12.8. The second kappa shape index (κ2) is 7.25. The Kier molecular flexibility index (Phi) is 5.17. The molecular weight excluding hydrogens is 380 g/mol. The first-order valence-corrected chi connectivity index (χ1v) is 9.52. The summed E-state index contributed by atoms with van der Waals surface area (Å²) in [6.45, 7) is 6.44. The van der Waals surface area contributed by atoms with Gasteiger partial charge in [-0.25, -0.2) is 0 Å². The first-order valence-electron chi connectivity index (χ1n) is 8.30. The molecule has 0 N–H and O–H groups in total. The van der Waals surface area contributed by atoms with Gasteiger partial charge in [-0.1, -0.05) is 75.1 Å². The van der Waals surface area contributed by atoms with Gasteiger partial charge in [0.1, 0.15) is 0 Å². The normalized spacial score (nSPS) is 16.3. The second-order valence-electron chi connectivity index (χ2n) is 7.17. The molecule has 2 aromatic carbocycles. The Bertz CT molecular complexity index is 960. The third-order valence-corrected chi connectivity index (χ3v) is 5.47. The van der Waals surface area contributed by atoms with Crippen LogP contribution in [0.15, 0.2) is 53.4 Å². The molecule has 0 saturated carbocycles. The van der Waals surface area contributed by atoms with Gasteiger partial charge in [-0.2, -0.15) is 0 Å². The van der Waals surface area contributed by atoms with Crippen LogP contribution in [0.2, 0.25) is 0 Å². The SMILES string of the molecule is CC(C)(C)c1ccc(/C=C2/SC(=S)N(c3cccc([N+](=O)[O-])c3)C2=O)cc1. The lowest BCUT2D eigenvalue weighted by atomic mass is 9.87. The van der Waals surface area contributed by atoms with Gasteiger partial charge < -0.3 is 0 Å². The van der Waals surface area contributed by atoms with Crippen molar-refractivity contribution < 1.29 is 9.72 Å². The molecule has 0 spiro atoms. The predicted octanol–water partition coefficient (Wildman–Crippen LogP) is 5.30. The van der Waals surface area contributed by atoms with Crippen LogP contribution >= 0.6 is 24.0 Å². The number of carbonyl (C=O) groups is 1. The van der Waals surface area contributed by atoms with Crippen LogP contribution in [-0.2, 0) is 10.2 Å². The van der Waals surface area contributed by atoms with E-state index in [2.05, 4.69) is 20.8 Å². The van der Waals surface area contributed by atoms with Crippen molar-refractivity contribution in [3.63, 3.8) is 0 Å². The Morgan fingerprint density at radius 2 is 1.81 bits per heavy atom. The van der Waals surface area contributed by atoms with Crippen molar-refractivity contribution in [2.75, 3.05) is 4.90 Å². The van der Waals surface area contributed by atoms with Crippen LogP contribution in [0.1, 0.15) is 31.9 Å². The van der Waals surface area contributed by atoms with E-state index in [1.807, 2.05) is 24.3 Å². The fourth-order valence-electron chi connectivity index (χ4n) is 2.67. The van der Waals surface area contributed by atoms with E-state index in [4.69, 9.17) is 12.2 Å². The number of anilines is 1. The van der Waals surface area contributed by atoms with E-state index in [0.29, 0.717) is 14.9 Å². The van der Waals surface area contributed by atoms with E-state index in [1.54, 1.807) is 18.2 Å². The van der Waals surface area contributed by atoms with Gasteiger partial charge in [0.15, 0.2) is 4.32 Å². The molecule has 1 fully saturated rings. The van der Waals surface area contributed by atoms with Crippen molar-refractivity contribution in [2.24, 2.45) is 0 Å². The molecule has 1 amide bonds. The third-order valence-electron chi connectivity index (χ3n) is 4.17. The number of hydrogen-bond donors (Lipinski definition) is 0. The van der Waals surface area contributed by atoms with Crippen molar-refractivity contribution in [1.82, 2.24) is 0 Å². The fourth-order valence-corrected chi connectivity index (χ4v) is 3.97. The van der Waals surface area contributed by atoms with Crippen LogP contribution in [0.3, 0.4) is 0 Å². The summed E-state index contributed by atoms with van der Waals surface area (Å²) >= 11 is 6.52. The van der Waals surface area contributed by atoms with Gasteiger partial charge in [0.2, 0.25) is 0 Å². The van der Waals surface area contributed by atoms with E-state index < -0.39 is 4.92 Å². The average molecular weight is 399 g/mol. The van der Waals surface area contributed by atoms with Crippen LogP contribution in [-0.4, -0.2) is 15.2 Å². The number of amides is 1. The molecule has 138 valence electrons. The highest BCUT2D eigenvalue weighted by Gasteiger charge is 2.33. The molecule has 0 radical (unpaired) electrons. The summed E-state index contributed by atoms with van der Waals surface area (Å²) in [7, 11) is 0. The highest BCUT2D eigenvalue weighted by molar-refractivity contribution is 8.27. The summed E-state index contributed by atoms with van der Waals surface area (Å²) in [5.41, 5.74) is 2.50. The van der Waals surface area contributed by atoms with Crippen molar-refractivity contribution in [3.05, 3.63) is 74.7 Å². The summed E-state index contributed by atoms with van der Waals surface area (Å²) in [6, 6.07) is 14.0. The maximum atomic E-state index is 12.8. The average Bonchev–Trinajstić information content (AvgIpc) is 2.88. The van der Waals surface area contributed by atoms with Gasteiger partial charge in [0, 0.05) is 12.1 Å². The molecule has 3 rings (SSSR count). The topological polar surface area (TPSA) is 63.4 Å². The first kappa shape index (κ1) is 19.3. The smallest absolute Gasteiger partial charge is 0.268 e. The molecule has 7 heteroatoms. The molecule has 1 saturated heterocycles. The summed E-state index contributed by atoms with van der Waals surface area (Å²) in [5.74, 6) is -0.273. The minimum atomic E-state index is -0.492. The molecule has 1 aliphatic rings. The van der Waals surface area contributed by atoms with Gasteiger partial charge in [-0.3, -0.25) is 19.8 Å². The van der Waals surface area contributed by atoms with Crippen molar-refractivity contribution in [3.8, 4) is 0 Å². The summed E-state index contributed by atoms with van der Waals surface area (Å²) in [5, 5.41) is 11.0. The molecule has 0 bridgehead atoms. The Labute approximate surface area is 167 Å². The summed E-state index contributed by atoms with van der Waals surface area (Å²) in [4.78, 5) is 25.1.